The first-order valence-corrected chi connectivity index (χ1v) is 8.19. The van der Waals surface area contributed by atoms with Gasteiger partial charge >= 0.3 is 6.03 Å². The molecule has 0 saturated carbocycles. The van der Waals surface area contributed by atoms with Crippen molar-refractivity contribution in [1.29, 1.82) is 0 Å². The third kappa shape index (κ3) is 5.56. The summed E-state index contributed by atoms with van der Waals surface area (Å²) in [6.45, 7) is 7.07. The number of anilines is 2. The largest absolute Gasteiger partial charge is 0.490 e. The number of nitrogen functional groups attached to an aromatic ring is 1. The van der Waals surface area contributed by atoms with E-state index >= 15 is 0 Å². The highest BCUT2D eigenvalue weighted by molar-refractivity contribution is 5.89. The second kappa shape index (κ2) is 8.77. The van der Waals surface area contributed by atoms with Crippen LogP contribution in [0.5, 0.6) is 11.5 Å². The Labute approximate surface area is 147 Å². The lowest BCUT2D eigenvalue weighted by atomic mass is 10.2. The maximum Gasteiger partial charge on any atom is 0.319 e. The number of hydrogen-bond donors (Lipinski definition) is 3. The zero-order valence-corrected chi connectivity index (χ0v) is 14.8. The summed E-state index contributed by atoms with van der Waals surface area (Å²) >= 11 is 0. The average Bonchev–Trinajstić information content (AvgIpc) is 2.55. The van der Waals surface area contributed by atoms with E-state index in [2.05, 4.69) is 15.6 Å². The molecule has 2 amide bonds. The molecule has 0 atom stereocenters. The number of hydrogen-bond acceptors (Lipinski definition) is 5. The standard InChI is InChI=1S/C18H24N4O3/c1-4-24-15-7-6-14(10-16(15)25-5-2)22-18(23)20-11-13-8-12(3)21-17(19)9-13/h6-10H,4-5,11H2,1-3H3,(H2,19,21)(H2,20,22,23). The third-order valence-electron chi connectivity index (χ3n) is 3.29. The van der Waals surface area contributed by atoms with Crippen LogP contribution >= 0.6 is 0 Å². The Morgan fingerprint density at radius 1 is 1.12 bits per heavy atom. The maximum atomic E-state index is 12.1. The number of nitrogens with one attached hydrogen (secondary N) is 2. The number of carbonyl (C=O) groups excluding carboxylic acids is 1. The SMILES string of the molecule is CCOc1ccc(NC(=O)NCc2cc(C)nc(N)c2)cc1OCC. The number of aromatic nitrogens is 1. The van der Waals surface area contributed by atoms with Gasteiger partial charge in [0.25, 0.3) is 0 Å². The first kappa shape index (κ1) is 18.4. The van der Waals surface area contributed by atoms with Gasteiger partial charge in [0.1, 0.15) is 5.82 Å². The first-order chi connectivity index (χ1) is 12.0. The molecule has 1 aromatic carbocycles. The van der Waals surface area contributed by atoms with Crippen LogP contribution in [0.1, 0.15) is 25.1 Å². The molecular weight excluding hydrogens is 320 g/mol. The quantitative estimate of drug-likeness (QED) is 0.717. The number of amides is 2. The molecular formula is C18H24N4O3. The van der Waals surface area contributed by atoms with Gasteiger partial charge in [-0.1, -0.05) is 0 Å². The van der Waals surface area contributed by atoms with Crippen LogP contribution in [0.2, 0.25) is 0 Å². The van der Waals surface area contributed by atoms with Crippen molar-refractivity contribution < 1.29 is 14.3 Å². The zero-order chi connectivity index (χ0) is 18.2. The van der Waals surface area contributed by atoms with Crippen molar-refractivity contribution in [2.75, 3.05) is 24.3 Å². The molecule has 0 bridgehead atoms. The van der Waals surface area contributed by atoms with Gasteiger partial charge in [0.15, 0.2) is 11.5 Å². The van der Waals surface area contributed by atoms with E-state index in [0.717, 1.165) is 11.3 Å². The molecule has 0 spiro atoms. The molecule has 0 aliphatic rings. The minimum atomic E-state index is -0.320. The number of benzene rings is 1. The van der Waals surface area contributed by atoms with E-state index in [1.54, 1.807) is 24.3 Å². The van der Waals surface area contributed by atoms with Crippen LogP contribution in [0, 0.1) is 6.92 Å². The van der Waals surface area contributed by atoms with Crippen molar-refractivity contribution in [2.24, 2.45) is 0 Å². The van der Waals surface area contributed by atoms with E-state index < -0.39 is 0 Å². The van der Waals surface area contributed by atoms with Gasteiger partial charge in [-0.25, -0.2) is 9.78 Å². The predicted molar refractivity (Wildman–Crippen MR) is 98.0 cm³/mol. The van der Waals surface area contributed by atoms with Crippen molar-refractivity contribution >= 4 is 17.5 Å². The Morgan fingerprint density at radius 2 is 1.84 bits per heavy atom. The van der Waals surface area contributed by atoms with Crippen LogP contribution in [0.25, 0.3) is 0 Å². The highest BCUT2D eigenvalue weighted by Gasteiger charge is 2.08. The van der Waals surface area contributed by atoms with Gasteiger partial charge in [-0.15, -0.1) is 0 Å². The maximum absolute atomic E-state index is 12.1. The topological polar surface area (TPSA) is 98.5 Å². The van der Waals surface area contributed by atoms with Gasteiger partial charge in [-0.3, -0.25) is 0 Å². The van der Waals surface area contributed by atoms with E-state index in [-0.39, 0.29) is 6.03 Å². The lowest BCUT2D eigenvalue weighted by molar-refractivity contribution is 0.251. The monoisotopic (exact) mass is 344 g/mol. The van der Waals surface area contributed by atoms with Gasteiger partial charge in [0.2, 0.25) is 0 Å². The molecule has 7 nitrogen and oxygen atoms in total. The Bertz CT molecular complexity index is 714. The zero-order valence-electron chi connectivity index (χ0n) is 14.8. The highest BCUT2D eigenvalue weighted by Crippen LogP contribution is 2.30. The number of ether oxygens (including phenoxy) is 2. The van der Waals surface area contributed by atoms with E-state index in [1.807, 2.05) is 26.8 Å². The van der Waals surface area contributed by atoms with E-state index in [1.165, 1.54) is 0 Å². The normalized spacial score (nSPS) is 10.2. The van der Waals surface area contributed by atoms with Gasteiger partial charge in [0.05, 0.1) is 13.2 Å². The Hall–Kier alpha value is -2.96. The second-order valence-electron chi connectivity index (χ2n) is 5.38. The summed E-state index contributed by atoms with van der Waals surface area (Å²) in [6, 6.07) is 8.57. The summed E-state index contributed by atoms with van der Waals surface area (Å²) in [6.07, 6.45) is 0. The molecule has 134 valence electrons. The van der Waals surface area contributed by atoms with Crippen molar-refractivity contribution in [2.45, 2.75) is 27.3 Å². The van der Waals surface area contributed by atoms with Gasteiger partial charge in [-0.2, -0.15) is 0 Å². The summed E-state index contributed by atoms with van der Waals surface area (Å²) in [7, 11) is 0. The molecule has 0 aliphatic carbocycles. The number of nitrogens with zero attached hydrogens (tertiary/aromatic N) is 1. The van der Waals surface area contributed by atoms with E-state index in [0.29, 0.717) is 42.8 Å². The fourth-order valence-electron chi connectivity index (χ4n) is 2.36. The van der Waals surface area contributed by atoms with Crippen LogP contribution in [0.4, 0.5) is 16.3 Å². The fraction of sp³-hybridized carbons (Fsp3) is 0.333. The van der Waals surface area contributed by atoms with Crippen LogP contribution in [0.3, 0.4) is 0 Å². The lowest BCUT2D eigenvalue weighted by Crippen LogP contribution is -2.28. The minimum Gasteiger partial charge on any atom is -0.490 e. The number of carbonyl (C=O) groups is 1. The molecule has 25 heavy (non-hydrogen) atoms. The van der Waals surface area contributed by atoms with Crippen molar-refractivity contribution in [3.05, 3.63) is 41.6 Å². The molecule has 1 aromatic heterocycles. The summed E-state index contributed by atoms with van der Waals surface area (Å²) in [5.41, 5.74) is 8.03. The number of aryl methyl sites for hydroxylation is 1. The van der Waals surface area contributed by atoms with Gasteiger partial charge in [0, 0.05) is 24.0 Å². The van der Waals surface area contributed by atoms with Gasteiger partial charge in [-0.05, 0) is 50.6 Å². The summed E-state index contributed by atoms with van der Waals surface area (Å²) in [4.78, 5) is 16.2. The average molecular weight is 344 g/mol. The summed E-state index contributed by atoms with van der Waals surface area (Å²) < 4.78 is 11.1. The molecule has 0 saturated heterocycles. The molecule has 1 heterocycles. The second-order valence-corrected chi connectivity index (χ2v) is 5.38. The van der Waals surface area contributed by atoms with Crippen LogP contribution < -0.4 is 25.8 Å². The number of nitrogens with two attached hydrogens (primary N) is 1. The molecule has 7 heteroatoms. The minimum absolute atomic E-state index is 0.320. The fourth-order valence-corrected chi connectivity index (χ4v) is 2.36. The first-order valence-electron chi connectivity index (χ1n) is 8.19. The van der Waals surface area contributed by atoms with E-state index in [4.69, 9.17) is 15.2 Å². The van der Waals surface area contributed by atoms with Gasteiger partial charge < -0.3 is 25.8 Å². The number of urea groups is 1. The molecule has 0 fully saturated rings. The number of rotatable bonds is 7. The van der Waals surface area contributed by atoms with Crippen LogP contribution in [-0.4, -0.2) is 24.2 Å². The molecule has 0 unspecified atom stereocenters. The van der Waals surface area contributed by atoms with E-state index in [9.17, 15) is 4.79 Å². The molecule has 2 rings (SSSR count). The van der Waals surface area contributed by atoms with Crippen LogP contribution in [-0.2, 0) is 6.54 Å². The Kier molecular flexibility index (Phi) is 6.45. The number of pyridine rings is 1. The molecule has 0 aliphatic heterocycles. The highest BCUT2D eigenvalue weighted by atomic mass is 16.5. The van der Waals surface area contributed by atoms with Crippen molar-refractivity contribution in [3.8, 4) is 11.5 Å². The Balaban J connectivity index is 1.98. The third-order valence-corrected chi connectivity index (χ3v) is 3.29. The van der Waals surface area contributed by atoms with Crippen molar-refractivity contribution in [1.82, 2.24) is 10.3 Å². The predicted octanol–water partition coefficient (Wildman–Crippen LogP) is 3.09. The van der Waals surface area contributed by atoms with Crippen molar-refractivity contribution in [3.63, 3.8) is 0 Å². The summed E-state index contributed by atoms with van der Waals surface area (Å²) in [5.74, 6) is 1.68. The molecule has 2 aromatic rings. The summed E-state index contributed by atoms with van der Waals surface area (Å²) in [5, 5.41) is 5.56. The lowest BCUT2D eigenvalue weighted by Gasteiger charge is -2.13. The van der Waals surface area contributed by atoms with Crippen LogP contribution in [0.15, 0.2) is 30.3 Å². The Morgan fingerprint density at radius 3 is 2.52 bits per heavy atom. The molecule has 4 N–H and O–H groups in total. The smallest absolute Gasteiger partial charge is 0.319 e. The molecule has 0 radical (unpaired) electrons.